The van der Waals surface area contributed by atoms with Crippen molar-refractivity contribution in [3.05, 3.63) is 59.7 Å². The molecule has 10 heteroatoms. The van der Waals surface area contributed by atoms with Crippen LogP contribution in [0.3, 0.4) is 0 Å². The molecule has 2 bridgehead atoms. The summed E-state index contributed by atoms with van der Waals surface area (Å²) in [5, 5.41) is 12.3. The van der Waals surface area contributed by atoms with Crippen LogP contribution in [0.15, 0.2) is 42.0 Å². The number of nitrogens with one attached hydrogen (secondary N) is 1. The van der Waals surface area contributed by atoms with Gasteiger partial charge in [-0.25, -0.2) is 23.8 Å². The van der Waals surface area contributed by atoms with E-state index in [4.69, 9.17) is 4.74 Å². The van der Waals surface area contributed by atoms with Crippen LogP contribution in [-0.2, 0) is 4.79 Å². The molecule has 1 amide bonds. The third kappa shape index (κ3) is 4.04. The van der Waals surface area contributed by atoms with Crippen molar-refractivity contribution in [2.45, 2.75) is 38.6 Å². The SMILES string of the molecule is Cc1cc(F)c(C2CC=NN2C(=O)[C@H]2C[C@@H](COc3cnc(-c4cn[nH]c4)cn3)C3CC2C3)cc1F. The van der Waals surface area contributed by atoms with Crippen LogP contribution in [0.5, 0.6) is 5.88 Å². The number of aromatic amines is 1. The van der Waals surface area contributed by atoms with Gasteiger partial charge in [-0.15, -0.1) is 0 Å². The number of rotatable bonds is 6. The first-order valence-corrected chi connectivity index (χ1v) is 12.2. The fourth-order valence-electron chi connectivity index (χ4n) is 5.73. The fourth-order valence-corrected chi connectivity index (χ4v) is 5.73. The number of benzene rings is 1. The molecule has 2 aromatic heterocycles. The standard InChI is InChI=1S/C26H26F2N6O2/c1-14-4-22(28)20(8-21(14)27)24-2-3-33-34(24)26(35)19-7-17(15-5-16(19)6-15)13-36-25-12-29-23(11-30-25)18-9-31-32-10-18/h3-4,8-12,15-17,19,24H,2,5-7,13H2,1H3,(H,31,32)/t15?,16?,17-,19-,24?/m0/s1. The maximum atomic E-state index is 14.7. The maximum absolute atomic E-state index is 14.7. The van der Waals surface area contributed by atoms with E-state index < -0.39 is 17.7 Å². The van der Waals surface area contributed by atoms with Crippen LogP contribution in [-0.4, -0.2) is 43.9 Å². The van der Waals surface area contributed by atoms with Gasteiger partial charge in [0.2, 0.25) is 11.8 Å². The first kappa shape index (κ1) is 22.8. The van der Waals surface area contributed by atoms with Crippen molar-refractivity contribution in [2.24, 2.45) is 28.8 Å². The van der Waals surface area contributed by atoms with Gasteiger partial charge in [-0.2, -0.15) is 10.2 Å². The van der Waals surface area contributed by atoms with Crippen LogP contribution in [0.1, 0.15) is 42.9 Å². The van der Waals surface area contributed by atoms with E-state index in [1.54, 1.807) is 31.0 Å². The van der Waals surface area contributed by atoms with Crippen LogP contribution >= 0.6 is 0 Å². The number of ether oxygens (including phenoxy) is 1. The average Bonchev–Trinajstić information content (AvgIpc) is 3.57. The molecule has 3 saturated carbocycles. The summed E-state index contributed by atoms with van der Waals surface area (Å²) in [4.78, 5) is 22.3. The normalized spacial score (nSPS) is 26.6. The monoisotopic (exact) mass is 492 g/mol. The number of nitrogens with zero attached hydrogens (tertiary/aromatic N) is 5. The Hall–Kier alpha value is -3.69. The molecule has 0 saturated heterocycles. The quantitative estimate of drug-likeness (QED) is 0.548. The van der Waals surface area contributed by atoms with Crippen molar-refractivity contribution in [1.82, 2.24) is 25.2 Å². The molecule has 1 N–H and O–H groups in total. The number of aryl methyl sites for hydroxylation is 1. The Morgan fingerprint density at radius 2 is 1.97 bits per heavy atom. The predicted molar refractivity (Wildman–Crippen MR) is 127 cm³/mol. The summed E-state index contributed by atoms with van der Waals surface area (Å²) < 4.78 is 34.8. The second-order valence-electron chi connectivity index (χ2n) is 9.99. The second kappa shape index (κ2) is 9.07. The number of hydrogen-bond donors (Lipinski definition) is 1. The first-order chi connectivity index (χ1) is 17.5. The van der Waals surface area contributed by atoms with E-state index in [-0.39, 0.29) is 28.9 Å². The van der Waals surface area contributed by atoms with Crippen molar-refractivity contribution in [3.8, 4) is 17.1 Å². The molecule has 1 unspecified atom stereocenters. The molecular formula is C26H26F2N6O2. The van der Waals surface area contributed by atoms with Gasteiger partial charge in [-0.1, -0.05) is 0 Å². The molecule has 36 heavy (non-hydrogen) atoms. The molecule has 7 rings (SSSR count). The smallest absolute Gasteiger partial charge is 0.246 e. The van der Waals surface area contributed by atoms with E-state index in [0.717, 1.165) is 18.4 Å². The van der Waals surface area contributed by atoms with Crippen LogP contribution in [0, 0.1) is 42.2 Å². The summed E-state index contributed by atoms with van der Waals surface area (Å²) in [5.41, 5.74) is 1.96. The zero-order valence-corrected chi connectivity index (χ0v) is 19.8. The number of hydrogen-bond acceptors (Lipinski definition) is 6. The van der Waals surface area contributed by atoms with E-state index in [1.807, 2.05) is 0 Å². The molecule has 0 spiro atoms. The van der Waals surface area contributed by atoms with Gasteiger partial charge >= 0.3 is 0 Å². The van der Waals surface area contributed by atoms with E-state index in [9.17, 15) is 13.6 Å². The van der Waals surface area contributed by atoms with Crippen molar-refractivity contribution in [1.29, 1.82) is 0 Å². The third-order valence-electron chi connectivity index (χ3n) is 7.88. The van der Waals surface area contributed by atoms with Gasteiger partial charge in [0, 0.05) is 35.9 Å². The highest BCUT2D eigenvalue weighted by Crippen LogP contribution is 2.53. The summed E-state index contributed by atoms with van der Waals surface area (Å²) in [7, 11) is 0. The van der Waals surface area contributed by atoms with Gasteiger partial charge in [0.1, 0.15) is 11.6 Å². The Kier molecular flexibility index (Phi) is 5.73. The lowest BCUT2D eigenvalue weighted by Crippen LogP contribution is -2.50. The van der Waals surface area contributed by atoms with Gasteiger partial charge in [-0.3, -0.25) is 9.89 Å². The zero-order valence-electron chi connectivity index (χ0n) is 19.8. The van der Waals surface area contributed by atoms with E-state index in [1.165, 1.54) is 24.1 Å². The number of carbonyl (C=O) groups excluding carboxylic acids is 1. The number of hydrazone groups is 1. The van der Waals surface area contributed by atoms with Crippen molar-refractivity contribution >= 4 is 12.1 Å². The molecule has 3 aromatic rings. The Morgan fingerprint density at radius 1 is 1.11 bits per heavy atom. The average molecular weight is 493 g/mol. The number of halogens is 2. The van der Waals surface area contributed by atoms with Gasteiger partial charge in [0.25, 0.3) is 0 Å². The Morgan fingerprint density at radius 3 is 2.72 bits per heavy atom. The lowest BCUT2D eigenvalue weighted by atomic mass is 9.55. The summed E-state index contributed by atoms with van der Waals surface area (Å²) in [6, 6.07) is 1.75. The maximum Gasteiger partial charge on any atom is 0.246 e. The highest BCUT2D eigenvalue weighted by Gasteiger charge is 2.50. The van der Waals surface area contributed by atoms with Crippen molar-refractivity contribution in [3.63, 3.8) is 0 Å². The number of aromatic nitrogens is 4. The minimum atomic E-state index is -0.621. The number of H-pyrrole nitrogens is 1. The summed E-state index contributed by atoms with van der Waals surface area (Å²) in [6.07, 6.45) is 11.2. The van der Waals surface area contributed by atoms with Crippen molar-refractivity contribution < 1.29 is 18.3 Å². The first-order valence-electron chi connectivity index (χ1n) is 12.2. The van der Waals surface area contributed by atoms with Gasteiger partial charge < -0.3 is 4.74 Å². The molecule has 186 valence electrons. The Balaban J connectivity index is 1.12. The number of carbonyl (C=O) groups is 1. The topological polar surface area (TPSA) is 96.4 Å². The molecule has 0 radical (unpaired) electrons. The summed E-state index contributed by atoms with van der Waals surface area (Å²) >= 11 is 0. The predicted octanol–water partition coefficient (Wildman–Crippen LogP) is 4.45. The summed E-state index contributed by atoms with van der Waals surface area (Å²) in [6.45, 7) is 1.97. The molecule has 3 atom stereocenters. The zero-order chi connectivity index (χ0) is 24.8. The number of fused-ring (bicyclic) bond motifs is 2. The van der Waals surface area contributed by atoms with E-state index in [2.05, 4.69) is 25.3 Å². The summed E-state index contributed by atoms with van der Waals surface area (Å²) in [5.74, 6) is 0.123. The number of amides is 1. The van der Waals surface area contributed by atoms with Crippen LogP contribution in [0.2, 0.25) is 0 Å². The molecule has 3 aliphatic carbocycles. The van der Waals surface area contributed by atoms with Gasteiger partial charge in [-0.05, 0) is 61.6 Å². The van der Waals surface area contributed by atoms with Crippen molar-refractivity contribution in [2.75, 3.05) is 6.61 Å². The van der Waals surface area contributed by atoms with Crippen LogP contribution < -0.4 is 4.74 Å². The van der Waals surface area contributed by atoms with E-state index in [0.29, 0.717) is 42.9 Å². The Labute approximate surface area is 206 Å². The van der Waals surface area contributed by atoms with Gasteiger partial charge in [0.15, 0.2) is 0 Å². The molecule has 3 fully saturated rings. The highest BCUT2D eigenvalue weighted by atomic mass is 19.1. The molecule has 1 aliphatic heterocycles. The molecule has 8 nitrogen and oxygen atoms in total. The molecule has 1 aromatic carbocycles. The lowest BCUT2D eigenvalue weighted by molar-refractivity contribution is -0.148. The minimum absolute atomic E-state index is 0.119. The highest BCUT2D eigenvalue weighted by molar-refractivity contribution is 5.82. The van der Waals surface area contributed by atoms with Crippen LogP contribution in [0.25, 0.3) is 11.3 Å². The fraction of sp³-hybridized carbons (Fsp3) is 0.423. The molecule has 4 aliphatic rings. The Bertz CT molecular complexity index is 1290. The van der Waals surface area contributed by atoms with E-state index >= 15 is 0 Å². The van der Waals surface area contributed by atoms with Gasteiger partial charge in [0.05, 0.1) is 36.9 Å². The van der Waals surface area contributed by atoms with Crippen LogP contribution in [0.4, 0.5) is 8.78 Å². The third-order valence-corrected chi connectivity index (χ3v) is 7.88. The lowest BCUT2D eigenvalue weighted by Gasteiger charge is -2.51. The molecular weight excluding hydrogens is 466 g/mol. The largest absolute Gasteiger partial charge is 0.476 e. The second-order valence-corrected chi connectivity index (χ2v) is 9.99. The minimum Gasteiger partial charge on any atom is -0.476 e. The molecule has 3 heterocycles.